The largest absolute Gasteiger partial charge is 0.486 e. The summed E-state index contributed by atoms with van der Waals surface area (Å²) in [4.78, 5) is 14.3. The summed E-state index contributed by atoms with van der Waals surface area (Å²) in [6, 6.07) is 9.78. The highest BCUT2D eigenvalue weighted by molar-refractivity contribution is 7.89. The number of nitrogens with zero attached hydrogens (tertiary/aromatic N) is 1. The Hall–Kier alpha value is -2.29. The van der Waals surface area contributed by atoms with Gasteiger partial charge in [-0.3, -0.25) is 4.79 Å². The van der Waals surface area contributed by atoms with Crippen LogP contribution in [0.1, 0.15) is 28.8 Å². The lowest BCUT2D eigenvalue weighted by molar-refractivity contribution is 0.0784. The fourth-order valence-electron chi connectivity index (χ4n) is 3.08. The Kier molecular flexibility index (Phi) is 5.42. The highest BCUT2D eigenvalue weighted by atomic mass is 35.5. The van der Waals surface area contributed by atoms with Gasteiger partial charge in [0.2, 0.25) is 10.0 Å². The fourth-order valence-corrected chi connectivity index (χ4v) is 4.91. The summed E-state index contributed by atoms with van der Waals surface area (Å²) in [5, 5.41) is 0.0872. The van der Waals surface area contributed by atoms with Crippen molar-refractivity contribution in [3.63, 3.8) is 0 Å². The lowest BCUT2D eigenvalue weighted by Crippen LogP contribution is -2.28. The number of carbonyl (C=O) groups is 1. The van der Waals surface area contributed by atoms with Crippen molar-refractivity contribution in [1.29, 1.82) is 0 Å². The van der Waals surface area contributed by atoms with Gasteiger partial charge >= 0.3 is 0 Å². The maximum absolute atomic E-state index is 12.9. The summed E-state index contributed by atoms with van der Waals surface area (Å²) >= 11 is 6.10. The first-order valence-electron chi connectivity index (χ1n) is 9.29. The predicted molar refractivity (Wildman–Crippen MR) is 108 cm³/mol. The predicted octanol–water partition coefficient (Wildman–Crippen LogP) is 2.82. The molecule has 1 aliphatic heterocycles. The van der Waals surface area contributed by atoms with Crippen LogP contribution in [0, 0.1) is 0 Å². The van der Waals surface area contributed by atoms with Gasteiger partial charge in [0.15, 0.2) is 11.5 Å². The highest BCUT2D eigenvalue weighted by Crippen LogP contribution is 2.31. The Labute approximate surface area is 174 Å². The zero-order valence-electron chi connectivity index (χ0n) is 15.9. The molecule has 7 nitrogen and oxygen atoms in total. The van der Waals surface area contributed by atoms with Gasteiger partial charge in [-0.15, -0.1) is 0 Å². The second-order valence-electron chi connectivity index (χ2n) is 7.18. The van der Waals surface area contributed by atoms with Crippen LogP contribution < -0.4 is 14.2 Å². The number of nitrogens with one attached hydrogen (secondary N) is 1. The van der Waals surface area contributed by atoms with Crippen molar-refractivity contribution >= 4 is 27.5 Å². The van der Waals surface area contributed by atoms with E-state index in [-0.39, 0.29) is 27.4 Å². The van der Waals surface area contributed by atoms with Crippen molar-refractivity contribution in [1.82, 2.24) is 9.62 Å². The lowest BCUT2D eigenvalue weighted by Gasteiger charge is -2.21. The molecule has 1 heterocycles. The molecular weight excluding hydrogens is 416 g/mol. The minimum Gasteiger partial charge on any atom is -0.486 e. The number of ether oxygens (including phenoxy) is 2. The fraction of sp³-hybridized carbons (Fsp3) is 0.350. The van der Waals surface area contributed by atoms with Crippen LogP contribution in [0.3, 0.4) is 0 Å². The van der Waals surface area contributed by atoms with E-state index >= 15 is 0 Å². The Morgan fingerprint density at radius 3 is 2.59 bits per heavy atom. The maximum Gasteiger partial charge on any atom is 0.253 e. The van der Waals surface area contributed by atoms with Crippen LogP contribution in [-0.2, 0) is 16.6 Å². The third kappa shape index (κ3) is 4.49. The van der Waals surface area contributed by atoms with E-state index in [1.54, 1.807) is 7.05 Å². The Morgan fingerprint density at radius 2 is 1.86 bits per heavy atom. The third-order valence-corrected chi connectivity index (χ3v) is 6.74. The molecule has 2 aromatic carbocycles. The van der Waals surface area contributed by atoms with E-state index in [0.29, 0.717) is 31.3 Å². The van der Waals surface area contributed by atoms with Crippen LogP contribution in [-0.4, -0.2) is 45.5 Å². The smallest absolute Gasteiger partial charge is 0.253 e. The number of halogens is 1. The number of rotatable bonds is 6. The number of benzene rings is 2. The first-order valence-corrected chi connectivity index (χ1v) is 11.2. The average molecular weight is 437 g/mol. The van der Waals surface area contributed by atoms with Gasteiger partial charge in [-0.1, -0.05) is 17.7 Å². The van der Waals surface area contributed by atoms with Crippen molar-refractivity contribution in [2.45, 2.75) is 30.3 Å². The van der Waals surface area contributed by atoms with Crippen LogP contribution in [0.25, 0.3) is 0 Å². The van der Waals surface area contributed by atoms with Gasteiger partial charge in [-0.25, -0.2) is 13.1 Å². The molecule has 1 aliphatic carbocycles. The Bertz CT molecular complexity index is 1050. The summed E-state index contributed by atoms with van der Waals surface area (Å²) in [6.45, 7) is 1.34. The van der Waals surface area contributed by atoms with Gasteiger partial charge in [-0.2, -0.15) is 0 Å². The number of amides is 1. The van der Waals surface area contributed by atoms with Gasteiger partial charge in [0.25, 0.3) is 5.91 Å². The normalized spacial score (nSPS) is 15.8. The monoisotopic (exact) mass is 436 g/mol. The quantitative estimate of drug-likeness (QED) is 0.752. The molecule has 1 N–H and O–H groups in total. The molecule has 2 aromatic rings. The van der Waals surface area contributed by atoms with E-state index in [1.165, 1.54) is 23.1 Å². The number of carbonyl (C=O) groups excluding carboxylic acids is 1. The van der Waals surface area contributed by atoms with Crippen molar-refractivity contribution in [3.05, 3.63) is 52.5 Å². The van der Waals surface area contributed by atoms with E-state index in [2.05, 4.69) is 4.72 Å². The minimum atomic E-state index is -3.76. The van der Waals surface area contributed by atoms with Crippen LogP contribution >= 0.6 is 11.6 Å². The molecule has 0 unspecified atom stereocenters. The third-order valence-electron chi connectivity index (χ3n) is 4.74. The summed E-state index contributed by atoms with van der Waals surface area (Å²) in [5.41, 5.74) is 1.13. The average Bonchev–Trinajstić information content (AvgIpc) is 3.51. The second-order valence-corrected chi connectivity index (χ2v) is 9.27. The number of hydrogen-bond donors (Lipinski definition) is 1. The lowest BCUT2D eigenvalue weighted by atomic mass is 10.1. The number of hydrogen-bond acceptors (Lipinski definition) is 5. The topological polar surface area (TPSA) is 84.9 Å². The van der Waals surface area contributed by atoms with E-state index in [9.17, 15) is 13.2 Å². The molecule has 9 heteroatoms. The summed E-state index contributed by atoms with van der Waals surface area (Å²) in [6.07, 6.45) is 1.63. The molecule has 0 bridgehead atoms. The van der Waals surface area contributed by atoms with Gasteiger partial charge in [0.05, 0.1) is 5.02 Å². The summed E-state index contributed by atoms with van der Waals surface area (Å²) in [7, 11) is -2.10. The van der Waals surface area contributed by atoms with Gasteiger partial charge in [-0.05, 0) is 48.7 Å². The number of fused-ring (bicyclic) bond motifs is 1. The van der Waals surface area contributed by atoms with Gasteiger partial charge in [0, 0.05) is 25.2 Å². The molecule has 1 amide bonds. The van der Waals surface area contributed by atoms with Crippen LogP contribution in [0.4, 0.5) is 0 Å². The minimum absolute atomic E-state index is 0.0479. The molecule has 0 aromatic heterocycles. The van der Waals surface area contributed by atoms with Crippen molar-refractivity contribution < 1.29 is 22.7 Å². The van der Waals surface area contributed by atoms with Gasteiger partial charge < -0.3 is 14.4 Å². The van der Waals surface area contributed by atoms with E-state index < -0.39 is 10.0 Å². The van der Waals surface area contributed by atoms with Crippen LogP contribution in [0.2, 0.25) is 5.02 Å². The van der Waals surface area contributed by atoms with Crippen molar-refractivity contribution in [2.24, 2.45) is 0 Å². The highest BCUT2D eigenvalue weighted by Gasteiger charge is 2.30. The molecular formula is C20H21ClN2O5S. The first kappa shape index (κ1) is 20.0. The standard InChI is InChI=1S/C20H21ClN2O5S/c1-23(12-13-2-7-17-18(10-13)28-9-8-27-17)20(24)14-3-6-16(21)19(11-14)29(25,26)22-15-4-5-15/h2-3,6-7,10-11,15,22H,4-5,8-9,12H2,1H3. The zero-order valence-corrected chi connectivity index (χ0v) is 17.4. The number of sulfonamides is 1. The zero-order chi connectivity index (χ0) is 20.6. The molecule has 4 rings (SSSR count). The van der Waals surface area contributed by atoms with Gasteiger partial charge in [0.1, 0.15) is 18.1 Å². The first-order chi connectivity index (χ1) is 13.8. The molecule has 154 valence electrons. The molecule has 0 saturated heterocycles. The van der Waals surface area contributed by atoms with E-state index in [4.69, 9.17) is 21.1 Å². The molecule has 0 radical (unpaired) electrons. The Balaban J connectivity index is 1.52. The summed E-state index contributed by atoms with van der Waals surface area (Å²) in [5.74, 6) is 1.03. The van der Waals surface area contributed by atoms with E-state index in [1.807, 2.05) is 18.2 Å². The van der Waals surface area contributed by atoms with Crippen LogP contribution in [0.5, 0.6) is 11.5 Å². The molecule has 0 spiro atoms. The second kappa shape index (κ2) is 7.85. The maximum atomic E-state index is 12.9. The SMILES string of the molecule is CN(Cc1ccc2c(c1)OCCO2)C(=O)c1ccc(Cl)c(S(=O)(=O)NC2CC2)c1. The van der Waals surface area contributed by atoms with E-state index in [0.717, 1.165) is 18.4 Å². The molecule has 0 atom stereocenters. The van der Waals surface area contributed by atoms with Crippen molar-refractivity contribution in [3.8, 4) is 11.5 Å². The molecule has 1 saturated carbocycles. The summed E-state index contributed by atoms with van der Waals surface area (Å²) < 4.78 is 38.7. The Morgan fingerprint density at radius 1 is 1.14 bits per heavy atom. The molecule has 29 heavy (non-hydrogen) atoms. The van der Waals surface area contributed by atoms with Crippen LogP contribution in [0.15, 0.2) is 41.3 Å². The molecule has 1 fully saturated rings. The van der Waals surface area contributed by atoms with Crippen molar-refractivity contribution in [2.75, 3.05) is 20.3 Å². The molecule has 2 aliphatic rings.